The second kappa shape index (κ2) is 7.39. The number of hydrogen-bond donors (Lipinski definition) is 1. The summed E-state index contributed by atoms with van der Waals surface area (Å²) in [5.41, 5.74) is 6.62. The standard InChI is InChI=1S/C20H29N3O/c1-14(12-19-15(2)22-23(4)16(19)3)21-10-5-6-17-7-8-20-18(13-17)9-11-24-20/h7-8,13-14,21H,5-6,9-12H2,1-4H3. The zero-order valence-electron chi connectivity index (χ0n) is 15.4. The van der Waals surface area contributed by atoms with Gasteiger partial charge in [0.15, 0.2) is 0 Å². The van der Waals surface area contributed by atoms with Crippen LogP contribution in [0.25, 0.3) is 0 Å². The lowest BCUT2D eigenvalue weighted by Gasteiger charge is -2.14. The topological polar surface area (TPSA) is 39.1 Å². The molecular weight excluding hydrogens is 298 g/mol. The van der Waals surface area contributed by atoms with Crippen LogP contribution < -0.4 is 10.1 Å². The van der Waals surface area contributed by atoms with Gasteiger partial charge in [0.1, 0.15) is 5.75 Å². The number of rotatable bonds is 7. The third kappa shape index (κ3) is 3.81. The zero-order valence-corrected chi connectivity index (χ0v) is 15.4. The Hall–Kier alpha value is -1.81. The Labute approximate surface area is 145 Å². The van der Waals surface area contributed by atoms with Crippen LogP contribution in [0.1, 0.15) is 41.4 Å². The predicted octanol–water partition coefficient (Wildman–Crippen LogP) is 3.13. The molecule has 4 heteroatoms. The Morgan fingerprint density at radius 1 is 1.33 bits per heavy atom. The summed E-state index contributed by atoms with van der Waals surface area (Å²) in [5.74, 6) is 1.08. The van der Waals surface area contributed by atoms with Crippen molar-refractivity contribution in [2.45, 2.75) is 52.5 Å². The molecule has 1 unspecified atom stereocenters. The average Bonchev–Trinajstić information content (AvgIpc) is 3.11. The summed E-state index contributed by atoms with van der Waals surface area (Å²) in [4.78, 5) is 0. The number of aryl methyl sites for hydroxylation is 3. The molecule has 0 radical (unpaired) electrons. The zero-order chi connectivity index (χ0) is 17.1. The van der Waals surface area contributed by atoms with Gasteiger partial charge >= 0.3 is 0 Å². The van der Waals surface area contributed by atoms with Crippen LogP contribution in [0.15, 0.2) is 18.2 Å². The van der Waals surface area contributed by atoms with E-state index in [0.29, 0.717) is 6.04 Å². The van der Waals surface area contributed by atoms with E-state index in [1.54, 1.807) is 0 Å². The lowest BCUT2D eigenvalue weighted by Crippen LogP contribution is -2.29. The number of ether oxygens (including phenoxy) is 1. The smallest absolute Gasteiger partial charge is 0.122 e. The summed E-state index contributed by atoms with van der Waals surface area (Å²) in [6.45, 7) is 8.41. The van der Waals surface area contributed by atoms with Gasteiger partial charge in [-0.15, -0.1) is 0 Å². The third-order valence-corrected chi connectivity index (χ3v) is 5.06. The number of nitrogens with zero attached hydrogens (tertiary/aromatic N) is 2. The van der Waals surface area contributed by atoms with Crippen LogP contribution in [0, 0.1) is 13.8 Å². The summed E-state index contributed by atoms with van der Waals surface area (Å²) in [5, 5.41) is 8.16. The summed E-state index contributed by atoms with van der Waals surface area (Å²) in [6.07, 6.45) is 4.39. The predicted molar refractivity (Wildman–Crippen MR) is 97.8 cm³/mol. The molecule has 24 heavy (non-hydrogen) atoms. The van der Waals surface area contributed by atoms with Crippen molar-refractivity contribution >= 4 is 0 Å². The lowest BCUT2D eigenvalue weighted by atomic mass is 10.0. The minimum absolute atomic E-state index is 0.472. The number of fused-ring (bicyclic) bond motifs is 1. The van der Waals surface area contributed by atoms with Crippen LogP contribution in [0.3, 0.4) is 0 Å². The van der Waals surface area contributed by atoms with Crippen molar-refractivity contribution in [2.24, 2.45) is 7.05 Å². The summed E-state index contributed by atoms with van der Waals surface area (Å²) < 4.78 is 7.55. The third-order valence-electron chi connectivity index (χ3n) is 5.06. The molecule has 1 aliphatic heterocycles. The lowest BCUT2D eigenvalue weighted by molar-refractivity contribution is 0.357. The molecule has 4 nitrogen and oxygen atoms in total. The quantitative estimate of drug-likeness (QED) is 0.794. The van der Waals surface area contributed by atoms with Gasteiger partial charge in [0, 0.05) is 25.2 Å². The Morgan fingerprint density at radius 3 is 2.92 bits per heavy atom. The van der Waals surface area contributed by atoms with E-state index in [9.17, 15) is 0 Å². The van der Waals surface area contributed by atoms with Gasteiger partial charge in [-0.1, -0.05) is 12.1 Å². The molecule has 2 aromatic rings. The van der Waals surface area contributed by atoms with Crippen molar-refractivity contribution in [1.82, 2.24) is 15.1 Å². The maximum Gasteiger partial charge on any atom is 0.122 e. The molecule has 0 saturated carbocycles. The second-order valence-corrected chi connectivity index (χ2v) is 6.98. The van der Waals surface area contributed by atoms with E-state index in [4.69, 9.17) is 4.74 Å². The van der Waals surface area contributed by atoms with E-state index in [-0.39, 0.29) is 0 Å². The van der Waals surface area contributed by atoms with Gasteiger partial charge in [-0.05, 0) is 69.3 Å². The van der Waals surface area contributed by atoms with Crippen LogP contribution in [0.4, 0.5) is 0 Å². The minimum atomic E-state index is 0.472. The SMILES string of the molecule is Cc1nn(C)c(C)c1CC(C)NCCCc1ccc2c(c1)CCO2. The number of hydrogen-bond acceptors (Lipinski definition) is 3. The Balaban J connectivity index is 1.43. The number of benzene rings is 1. The van der Waals surface area contributed by atoms with Crippen LogP contribution in [-0.4, -0.2) is 29.0 Å². The molecule has 0 fully saturated rings. The Kier molecular flexibility index (Phi) is 5.24. The van der Waals surface area contributed by atoms with Crippen LogP contribution >= 0.6 is 0 Å². The van der Waals surface area contributed by atoms with E-state index in [2.05, 4.69) is 49.4 Å². The summed E-state index contributed by atoms with van der Waals surface area (Å²) >= 11 is 0. The first-order valence-electron chi connectivity index (χ1n) is 9.01. The van der Waals surface area contributed by atoms with Gasteiger partial charge < -0.3 is 10.1 Å². The van der Waals surface area contributed by atoms with Gasteiger partial charge in [0.25, 0.3) is 0 Å². The summed E-state index contributed by atoms with van der Waals surface area (Å²) in [7, 11) is 2.02. The number of nitrogens with one attached hydrogen (secondary N) is 1. The van der Waals surface area contributed by atoms with Crippen molar-refractivity contribution in [3.05, 3.63) is 46.3 Å². The highest BCUT2D eigenvalue weighted by Crippen LogP contribution is 2.26. The van der Waals surface area contributed by atoms with Crippen LogP contribution in [-0.2, 0) is 26.3 Å². The molecule has 0 spiro atoms. The first-order valence-corrected chi connectivity index (χ1v) is 9.01. The molecule has 0 aliphatic carbocycles. The molecule has 3 rings (SSSR count). The highest BCUT2D eigenvalue weighted by molar-refractivity contribution is 5.39. The molecule has 1 aromatic heterocycles. The van der Waals surface area contributed by atoms with E-state index in [0.717, 1.165) is 50.3 Å². The normalized spacial score (nSPS) is 14.5. The fourth-order valence-electron chi connectivity index (χ4n) is 3.53. The van der Waals surface area contributed by atoms with E-state index in [1.807, 2.05) is 11.7 Å². The van der Waals surface area contributed by atoms with Gasteiger partial charge in [0.05, 0.1) is 12.3 Å². The molecule has 0 bridgehead atoms. The van der Waals surface area contributed by atoms with Gasteiger partial charge in [0.2, 0.25) is 0 Å². The van der Waals surface area contributed by atoms with Crippen molar-refractivity contribution < 1.29 is 4.74 Å². The van der Waals surface area contributed by atoms with Gasteiger partial charge in [-0.2, -0.15) is 5.10 Å². The van der Waals surface area contributed by atoms with Gasteiger partial charge in [-0.3, -0.25) is 4.68 Å². The Bertz CT molecular complexity index is 705. The molecule has 1 aromatic carbocycles. The van der Waals surface area contributed by atoms with Gasteiger partial charge in [-0.25, -0.2) is 0 Å². The first-order chi connectivity index (χ1) is 11.5. The van der Waals surface area contributed by atoms with Crippen LogP contribution in [0.5, 0.6) is 5.75 Å². The van der Waals surface area contributed by atoms with Crippen molar-refractivity contribution in [2.75, 3.05) is 13.2 Å². The van der Waals surface area contributed by atoms with Crippen molar-refractivity contribution in [3.63, 3.8) is 0 Å². The molecule has 1 aliphatic rings. The largest absolute Gasteiger partial charge is 0.493 e. The monoisotopic (exact) mass is 327 g/mol. The fraction of sp³-hybridized carbons (Fsp3) is 0.550. The highest BCUT2D eigenvalue weighted by Gasteiger charge is 2.13. The highest BCUT2D eigenvalue weighted by atomic mass is 16.5. The Morgan fingerprint density at radius 2 is 2.17 bits per heavy atom. The fourth-order valence-corrected chi connectivity index (χ4v) is 3.53. The van der Waals surface area contributed by atoms with E-state index >= 15 is 0 Å². The molecule has 0 amide bonds. The number of aromatic nitrogens is 2. The average molecular weight is 327 g/mol. The molecule has 2 heterocycles. The first kappa shape index (κ1) is 17.0. The second-order valence-electron chi connectivity index (χ2n) is 6.98. The molecule has 130 valence electrons. The van der Waals surface area contributed by atoms with Crippen molar-refractivity contribution in [1.29, 1.82) is 0 Å². The van der Waals surface area contributed by atoms with E-state index in [1.165, 1.54) is 22.4 Å². The molecule has 0 saturated heterocycles. The maximum atomic E-state index is 5.57. The summed E-state index contributed by atoms with van der Waals surface area (Å²) in [6, 6.07) is 7.12. The van der Waals surface area contributed by atoms with E-state index < -0.39 is 0 Å². The minimum Gasteiger partial charge on any atom is -0.493 e. The molecule has 1 N–H and O–H groups in total. The molecular formula is C20H29N3O. The maximum absolute atomic E-state index is 5.57. The molecule has 1 atom stereocenters. The van der Waals surface area contributed by atoms with Crippen molar-refractivity contribution in [3.8, 4) is 5.75 Å². The van der Waals surface area contributed by atoms with Crippen LogP contribution in [0.2, 0.25) is 0 Å².